The van der Waals surface area contributed by atoms with Crippen molar-refractivity contribution in [3.05, 3.63) is 88.0 Å². The zero-order valence-corrected chi connectivity index (χ0v) is 15.6. The van der Waals surface area contributed by atoms with Crippen molar-refractivity contribution in [1.82, 2.24) is 9.91 Å². The molecule has 3 aromatic carbocycles. The number of piperazine rings is 1. The Bertz CT molecular complexity index is 1000. The average molecular weight is 374 g/mol. The summed E-state index contributed by atoms with van der Waals surface area (Å²) in [6.45, 7) is 4.36. The van der Waals surface area contributed by atoms with Gasteiger partial charge in [0.05, 0.1) is 16.7 Å². The maximum absolute atomic E-state index is 11.1. The van der Waals surface area contributed by atoms with Gasteiger partial charge in [0, 0.05) is 38.8 Å². The van der Waals surface area contributed by atoms with E-state index in [0.717, 1.165) is 32.7 Å². The molecule has 6 nitrogen and oxygen atoms in total. The van der Waals surface area contributed by atoms with Crippen LogP contribution >= 0.6 is 0 Å². The number of nitro benzene ring substituents is 1. The first kappa shape index (κ1) is 18.1. The lowest BCUT2D eigenvalue weighted by Gasteiger charge is -2.33. The molecule has 0 radical (unpaired) electrons. The molecule has 0 spiro atoms. The van der Waals surface area contributed by atoms with Crippen molar-refractivity contribution in [3.8, 4) is 0 Å². The second-order valence-corrected chi connectivity index (χ2v) is 6.93. The fourth-order valence-electron chi connectivity index (χ4n) is 3.59. The summed E-state index contributed by atoms with van der Waals surface area (Å²) in [5, 5.41) is 20.1. The molecule has 6 heteroatoms. The fourth-order valence-corrected chi connectivity index (χ4v) is 3.59. The Kier molecular flexibility index (Phi) is 5.30. The number of hydrogen-bond donors (Lipinski definition) is 0. The van der Waals surface area contributed by atoms with Crippen LogP contribution in [-0.4, -0.2) is 47.2 Å². The third-order valence-corrected chi connectivity index (χ3v) is 5.12. The van der Waals surface area contributed by atoms with Crippen molar-refractivity contribution in [2.24, 2.45) is 5.10 Å². The van der Waals surface area contributed by atoms with E-state index in [4.69, 9.17) is 0 Å². The van der Waals surface area contributed by atoms with Crippen molar-refractivity contribution in [2.75, 3.05) is 26.2 Å². The first-order valence-corrected chi connectivity index (χ1v) is 9.42. The minimum atomic E-state index is -0.372. The summed E-state index contributed by atoms with van der Waals surface area (Å²) in [6, 6.07) is 21.6. The first-order chi connectivity index (χ1) is 13.7. The Hall–Kier alpha value is -3.25. The molecule has 0 aromatic heterocycles. The highest BCUT2D eigenvalue weighted by Gasteiger charge is 2.17. The van der Waals surface area contributed by atoms with Gasteiger partial charge in [0.2, 0.25) is 0 Å². The second-order valence-electron chi connectivity index (χ2n) is 6.93. The molecule has 0 atom stereocenters. The van der Waals surface area contributed by atoms with Crippen molar-refractivity contribution in [3.63, 3.8) is 0 Å². The minimum absolute atomic E-state index is 0.0841. The quantitative estimate of drug-likeness (QED) is 0.386. The van der Waals surface area contributed by atoms with Gasteiger partial charge in [-0.1, -0.05) is 54.6 Å². The molecule has 4 rings (SSSR count). The zero-order chi connectivity index (χ0) is 19.3. The van der Waals surface area contributed by atoms with Crippen LogP contribution in [0.5, 0.6) is 0 Å². The molecule has 0 saturated carbocycles. The molecule has 1 saturated heterocycles. The second kappa shape index (κ2) is 8.19. The molecule has 0 amide bonds. The number of para-hydroxylation sites is 1. The number of fused-ring (bicyclic) bond motifs is 1. The smallest absolute Gasteiger partial charge is 0.278 e. The number of hydrogen-bond acceptors (Lipinski definition) is 5. The van der Waals surface area contributed by atoms with Gasteiger partial charge in [-0.25, -0.2) is 0 Å². The summed E-state index contributed by atoms with van der Waals surface area (Å²) in [4.78, 5) is 13.2. The largest absolute Gasteiger partial charge is 0.295 e. The van der Waals surface area contributed by atoms with E-state index in [2.05, 4.69) is 52.5 Å². The van der Waals surface area contributed by atoms with Crippen LogP contribution in [0, 0.1) is 10.1 Å². The van der Waals surface area contributed by atoms with Crippen LogP contribution in [0.2, 0.25) is 0 Å². The Balaban J connectivity index is 1.38. The number of benzene rings is 3. The lowest BCUT2D eigenvalue weighted by molar-refractivity contribution is -0.385. The molecule has 0 bridgehead atoms. The van der Waals surface area contributed by atoms with E-state index in [-0.39, 0.29) is 10.6 Å². The maximum Gasteiger partial charge on any atom is 0.278 e. The summed E-state index contributed by atoms with van der Waals surface area (Å²) in [5.74, 6) is 0. The van der Waals surface area contributed by atoms with Crippen LogP contribution in [-0.2, 0) is 6.54 Å². The summed E-state index contributed by atoms with van der Waals surface area (Å²) in [6.07, 6.45) is 1.60. The third kappa shape index (κ3) is 4.02. The van der Waals surface area contributed by atoms with Crippen LogP contribution in [0.4, 0.5) is 5.69 Å². The monoisotopic (exact) mass is 374 g/mol. The van der Waals surface area contributed by atoms with E-state index in [1.54, 1.807) is 24.4 Å². The van der Waals surface area contributed by atoms with Crippen molar-refractivity contribution in [2.45, 2.75) is 6.54 Å². The average Bonchev–Trinajstić information content (AvgIpc) is 2.74. The van der Waals surface area contributed by atoms with Crippen LogP contribution in [0.3, 0.4) is 0 Å². The summed E-state index contributed by atoms with van der Waals surface area (Å²) >= 11 is 0. The number of nitrogens with zero attached hydrogens (tertiary/aromatic N) is 4. The molecule has 0 N–H and O–H groups in total. The van der Waals surface area contributed by atoms with Crippen LogP contribution in [0.1, 0.15) is 11.1 Å². The van der Waals surface area contributed by atoms with Gasteiger partial charge in [0.15, 0.2) is 0 Å². The molecule has 1 aliphatic rings. The van der Waals surface area contributed by atoms with Crippen LogP contribution in [0.25, 0.3) is 10.8 Å². The zero-order valence-electron chi connectivity index (χ0n) is 15.6. The molecule has 1 aliphatic heterocycles. The highest BCUT2D eigenvalue weighted by molar-refractivity contribution is 5.86. The Morgan fingerprint density at radius 2 is 1.64 bits per heavy atom. The van der Waals surface area contributed by atoms with E-state index in [0.29, 0.717) is 5.56 Å². The molecule has 1 fully saturated rings. The van der Waals surface area contributed by atoms with E-state index in [1.165, 1.54) is 22.4 Å². The fraction of sp³-hybridized carbons (Fsp3) is 0.227. The lowest BCUT2D eigenvalue weighted by atomic mass is 10.0. The topological polar surface area (TPSA) is 62.0 Å². The van der Waals surface area contributed by atoms with E-state index in [9.17, 15) is 10.1 Å². The predicted octanol–water partition coefficient (Wildman–Crippen LogP) is 3.90. The Morgan fingerprint density at radius 1 is 0.929 bits per heavy atom. The SMILES string of the molecule is O=[N+]([O-])c1ccccc1C=NN1CCN(Cc2cccc3ccccc23)CC1. The van der Waals surface area contributed by atoms with Gasteiger partial charge >= 0.3 is 0 Å². The Morgan fingerprint density at radius 3 is 2.46 bits per heavy atom. The van der Waals surface area contributed by atoms with Gasteiger partial charge in [-0.15, -0.1) is 0 Å². The predicted molar refractivity (Wildman–Crippen MR) is 111 cm³/mol. The van der Waals surface area contributed by atoms with E-state index in [1.807, 2.05) is 5.01 Å². The van der Waals surface area contributed by atoms with Gasteiger partial charge in [-0.05, 0) is 22.4 Å². The highest BCUT2D eigenvalue weighted by atomic mass is 16.6. The Labute approximate surface area is 163 Å². The third-order valence-electron chi connectivity index (χ3n) is 5.12. The van der Waals surface area contributed by atoms with E-state index >= 15 is 0 Å². The van der Waals surface area contributed by atoms with Gasteiger partial charge < -0.3 is 0 Å². The normalized spacial score (nSPS) is 15.4. The molecule has 142 valence electrons. The molecular weight excluding hydrogens is 352 g/mol. The molecule has 1 heterocycles. The molecule has 0 aliphatic carbocycles. The molecule has 28 heavy (non-hydrogen) atoms. The maximum atomic E-state index is 11.1. The lowest BCUT2D eigenvalue weighted by Crippen LogP contribution is -2.43. The summed E-state index contributed by atoms with van der Waals surface area (Å²) in [5.41, 5.74) is 1.96. The van der Waals surface area contributed by atoms with Crippen molar-refractivity contribution < 1.29 is 4.92 Å². The van der Waals surface area contributed by atoms with Gasteiger partial charge in [-0.3, -0.25) is 20.0 Å². The number of nitro groups is 1. The van der Waals surface area contributed by atoms with Crippen LogP contribution < -0.4 is 0 Å². The molecule has 0 unspecified atom stereocenters. The first-order valence-electron chi connectivity index (χ1n) is 9.42. The number of hydrazone groups is 1. The number of rotatable bonds is 5. The van der Waals surface area contributed by atoms with Crippen molar-refractivity contribution >= 4 is 22.7 Å². The van der Waals surface area contributed by atoms with Gasteiger partial charge in [-0.2, -0.15) is 5.10 Å². The van der Waals surface area contributed by atoms with Gasteiger partial charge in [0.1, 0.15) is 0 Å². The molecule has 3 aromatic rings. The van der Waals surface area contributed by atoms with Gasteiger partial charge in [0.25, 0.3) is 5.69 Å². The van der Waals surface area contributed by atoms with E-state index < -0.39 is 0 Å². The molecular formula is C22H22N4O2. The minimum Gasteiger partial charge on any atom is -0.295 e. The van der Waals surface area contributed by atoms with Crippen molar-refractivity contribution in [1.29, 1.82) is 0 Å². The summed E-state index contributed by atoms with van der Waals surface area (Å²) in [7, 11) is 0. The highest BCUT2D eigenvalue weighted by Crippen LogP contribution is 2.21. The standard InChI is InChI=1S/C22H22N4O2/c27-26(28)22-11-4-2-7-19(22)16-23-25-14-12-24(13-15-25)17-20-9-5-8-18-6-1-3-10-21(18)20/h1-11,16H,12-15,17H2. The van der Waals surface area contributed by atoms with Crippen LogP contribution in [0.15, 0.2) is 71.8 Å². The summed E-state index contributed by atoms with van der Waals surface area (Å²) < 4.78 is 0.